The van der Waals surface area contributed by atoms with Crippen molar-refractivity contribution in [1.82, 2.24) is 0 Å². The SMILES string of the molecule is C=O.C=O.C=O.C=O.C=O.COCc1ccccc1.[Mo]. The molecule has 0 fully saturated rings. The number of ether oxygens (including phenoxy) is 1. The summed E-state index contributed by atoms with van der Waals surface area (Å²) in [6, 6.07) is 10.1. The summed E-state index contributed by atoms with van der Waals surface area (Å²) >= 11 is 0. The summed E-state index contributed by atoms with van der Waals surface area (Å²) in [5, 5.41) is 0. The molecule has 114 valence electrons. The van der Waals surface area contributed by atoms with E-state index in [1.807, 2.05) is 64.3 Å². The van der Waals surface area contributed by atoms with Gasteiger partial charge < -0.3 is 28.7 Å². The molecule has 1 aromatic carbocycles. The van der Waals surface area contributed by atoms with Gasteiger partial charge in [-0.15, -0.1) is 0 Å². The van der Waals surface area contributed by atoms with Gasteiger partial charge in [0.1, 0.15) is 33.9 Å². The van der Waals surface area contributed by atoms with Gasteiger partial charge >= 0.3 is 0 Å². The third-order valence-corrected chi connectivity index (χ3v) is 1.15. The van der Waals surface area contributed by atoms with Crippen LogP contribution in [0.1, 0.15) is 5.56 Å². The van der Waals surface area contributed by atoms with Crippen LogP contribution in [-0.4, -0.2) is 41.1 Å². The first-order valence-corrected chi connectivity index (χ1v) is 4.40. The molecule has 1 rings (SSSR count). The van der Waals surface area contributed by atoms with Crippen LogP contribution in [-0.2, 0) is 56.4 Å². The van der Waals surface area contributed by atoms with Crippen LogP contribution in [0, 0.1) is 0 Å². The van der Waals surface area contributed by atoms with Crippen LogP contribution >= 0.6 is 0 Å². The molecule has 0 aromatic heterocycles. The smallest absolute Gasteiger partial charge is 0.106 e. The van der Waals surface area contributed by atoms with Gasteiger partial charge in [0.25, 0.3) is 0 Å². The summed E-state index contributed by atoms with van der Waals surface area (Å²) in [4.78, 5) is 40.0. The maximum absolute atomic E-state index is 8.00. The van der Waals surface area contributed by atoms with Crippen molar-refractivity contribution in [2.45, 2.75) is 6.61 Å². The molecule has 0 saturated carbocycles. The standard InChI is InChI=1S/C8H10O.5CH2O.Mo/c1-9-7-8-5-3-2-4-6-8;5*1-2;/h2-6H,7H2,1H3;5*1H2;. The number of methoxy groups -OCH3 is 1. The van der Waals surface area contributed by atoms with E-state index in [9.17, 15) is 0 Å². The van der Waals surface area contributed by atoms with E-state index in [1.165, 1.54) is 5.56 Å². The van der Waals surface area contributed by atoms with Crippen molar-refractivity contribution in [2.24, 2.45) is 0 Å². The maximum Gasteiger partial charge on any atom is 0.106 e. The summed E-state index contributed by atoms with van der Waals surface area (Å²) in [6.07, 6.45) is 0. The Kier molecular flexibility index (Phi) is 121. The van der Waals surface area contributed by atoms with Crippen molar-refractivity contribution in [3.8, 4) is 0 Å². The molecule has 0 aliphatic heterocycles. The second kappa shape index (κ2) is 67.1. The molecule has 0 atom stereocenters. The minimum atomic E-state index is 0. The van der Waals surface area contributed by atoms with Gasteiger partial charge in [-0.3, -0.25) is 0 Å². The molecule has 6 nitrogen and oxygen atoms in total. The van der Waals surface area contributed by atoms with Crippen LogP contribution in [0.5, 0.6) is 0 Å². The van der Waals surface area contributed by atoms with Gasteiger partial charge in [-0.05, 0) is 5.56 Å². The fourth-order valence-electron chi connectivity index (χ4n) is 0.741. The Morgan fingerprint density at radius 3 is 1.30 bits per heavy atom. The fraction of sp³-hybridized carbons (Fsp3) is 0.154. The first-order valence-electron chi connectivity index (χ1n) is 4.40. The molecule has 0 saturated heterocycles. The minimum Gasteiger partial charge on any atom is -0.380 e. The summed E-state index contributed by atoms with van der Waals surface area (Å²) in [5.74, 6) is 0. The van der Waals surface area contributed by atoms with Gasteiger partial charge in [0.05, 0.1) is 6.61 Å². The average molecular weight is 368 g/mol. The molecule has 0 aliphatic carbocycles. The minimum absolute atomic E-state index is 0. The number of hydrogen-bond acceptors (Lipinski definition) is 6. The third-order valence-electron chi connectivity index (χ3n) is 1.15. The molecule has 0 unspecified atom stereocenters. The number of carbonyl (C=O) groups is 5. The van der Waals surface area contributed by atoms with Gasteiger partial charge in [0.2, 0.25) is 0 Å². The Morgan fingerprint density at radius 2 is 1.05 bits per heavy atom. The normalized spacial score (nSPS) is 5.25. The van der Waals surface area contributed by atoms with Gasteiger partial charge in [-0.25, -0.2) is 0 Å². The Labute approximate surface area is 133 Å². The Balaban J connectivity index is -0.0000000384. The topological polar surface area (TPSA) is 94.6 Å². The Morgan fingerprint density at radius 1 is 0.750 bits per heavy atom. The molecule has 0 amide bonds. The van der Waals surface area contributed by atoms with Crippen LogP contribution in [0.2, 0.25) is 0 Å². The number of benzene rings is 1. The summed E-state index contributed by atoms with van der Waals surface area (Å²) in [7, 11) is 1.70. The van der Waals surface area contributed by atoms with Crippen molar-refractivity contribution < 1.29 is 49.8 Å². The molecule has 20 heavy (non-hydrogen) atoms. The number of carbonyl (C=O) groups excluding carboxylic acids is 5. The zero-order chi connectivity index (χ0) is 16.5. The quantitative estimate of drug-likeness (QED) is 0.720. The van der Waals surface area contributed by atoms with Gasteiger partial charge in [0, 0.05) is 28.2 Å². The maximum atomic E-state index is 8.00. The van der Waals surface area contributed by atoms with Crippen molar-refractivity contribution in [1.29, 1.82) is 0 Å². The van der Waals surface area contributed by atoms with Crippen LogP contribution in [0.3, 0.4) is 0 Å². The fourth-order valence-corrected chi connectivity index (χ4v) is 0.741. The van der Waals surface area contributed by atoms with E-state index >= 15 is 0 Å². The number of hydrogen-bond donors (Lipinski definition) is 0. The number of rotatable bonds is 2. The van der Waals surface area contributed by atoms with E-state index < -0.39 is 0 Å². The van der Waals surface area contributed by atoms with Crippen LogP contribution < -0.4 is 0 Å². The Hall–Kier alpha value is -1.78. The zero-order valence-electron chi connectivity index (χ0n) is 11.5. The molecular formula is C13H20MoO6. The molecule has 0 bridgehead atoms. The summed E-state index contributed by atoms with van der Waals surface area (Å²) in [5.41, 5.74) is 1.22. The van der Waals surface area contributed by atoms with Crippen LogP contribution in [0.25, 0.3) is 0 Å². The molecule has 0 radical (unpaired) electrons. The monoisotopic (exact) mass is 370 g/mol. The molecule has 7 heteroatoms. The van der Waals surface area contributed by atoms with E-state index in [0.717, 1.165) is 0 Å². The van der Waals surface area contributed by atoms with Crippen molar-refractivity contribution in [2.75, 3.05) is 7.11 Å². The average Bonchev–Trinajstić information content (AvgIpc) is 2.58. The second-order valence-electron chi connectivity index (χ2n) is 1.92. The van der Waals surface area contributed by atoms with Crippen LogP contribution in [0.4, 0.5) is 0 Å². The first kappa shape index (κ1) is 36.2. The predicted molar refractivity (Wildman–Crippen MR) is 72.8 cm³/mol. The zero-order valence-corrected chi connectivity index (χ0v) is 13.5. The van der Waals surface area contributed by atoms with Crippen LogP contribution in [0.15, 0.2) is 30.3 Å². The Bertz CT molecular complexity index is 224. The van der Waals surface area contributed by atoms with Crippen molar-refractivity contribution >= 4 is 33.9 Å². The largest absolute Gasteiger partial charge is 0.380 e. The van der Waals surface area contributed by atoms with Gasteiger partial charge in [-0.1, -0.05) is 30.3 Å². The molecule has 1 aromatic rings. The summed E-state index contributed by atoms with van der Waals surface area (Å²) in [6.45, 7) is 10.7. The third kappa shape index (κ3) is 44.2. The molecule has 0 heterocycles. The van der Waals surface area contributed by atoms with E-state index in [1.54, 1.807) is 7.11 Å². The predicted octanol–water partition coefficient (Wildman–Crippen LogP) is 0.906. The van der Waals surface area contributed by atoms with Gasteiger partial charge in [0.15, 0.2) is 0 Å². The van der Waals surface area contributed by atoms with Gasteiger partial charge in [-0.2, -0.15) is 0 Å². The molecular weight excluding hydrogens is 348 g/mol. The molecule has 0 aliphatic rings. The van der Waals surface area contributed by atoms with E-state index in [-0.39, 0.29) is 21.1 Å². The van der Waals surface area contributed by atoms with E-state index in [0.29, 0.717) is 6.61 Å². The van der Waals surface area contributed by atoms with E-state index in [2.05, 4.69) is 0 Å². The summed E-state index contributed by atoms with van der Waals surface area (Å²) < 4.78 is 4.93. The molecule has 0 spiro atoms. The second-order valence-corrected chi connectivity index (χ2v) is 1.92. The molecule has 0 N–H and O–H groups in total. The van der Waals surface area contributed by atoms with Crippen molar-refractivity contribution in [3.05, 3.63) is 35.9 Å². The van der Waals surface area contributed by atoms with E-state index in [4.69, 9.17) is 28.7 Å². The first-order chi connectivity index (χ1) is 9.43. The van der Waals surface area contributed by atoms with Crippen molar-refractivity contribution in [3.63, 3.8) is 0 Å².